The molecule has 2 rings (SSSR count). The van der Waals surface area contributed by atoms with Gasteiger partial charge in [0.25, 0.3) is 0 Å². The molecule has 0 bridgehead atoms. The molecule has 1 unspecified atom stereocenters. The lowest BCUT2D eigenvalue weighted by Gasteiger charge is -2.27. The molecule has 0 aromatic carbocycles. The van der Waals surface area contributed by atoms with Gasteiger partial charge in [-0.15, -0.1) is 0 Å². The normalized spacial score (nSPS) is 21.2. The molecule has 1 aliphatic rings. The highest BCUT2D eigenvalue weighted by Gasteiger charge is 2.43. The van der Waals surface area contributed by atoms with Crippen LogP contribution >= 0.6 is 11.8 Å². The number of carbonyl (C=O) groups excluding carboxylic acids is 3. The zero-order valence-electron chi connectivity index (χ0n) is 17.8. The van der Waals surface area contributed by atoms with E-state index >= 15 is 0 Å². The van der Waals surface area contributed by atoms with Gasteiger partial charge < -0.3 is 16.0 Å². The molecule has 29 heavy (non-hydrogen) atoms. The van der Waals surface area contributed by atoms with Crippen LogP contribution in [-0.4, -0.2) is 63.0 Å². The number of rotatable bonds is 10. The summed E-state index contributed by atoms with van der Waals surface area (Å²) in [6, 6.07) is 1.29. The number of amides is 3. The summed E-state index contributed by atoms with van der Waals surface area (Å²) in [5.41, 5.74) is 4.19. The number of likely N-dealkylation sites (tertiary alicyclic amines) is 1. The fourth-order valence-electron chi connectivity index (χ4n) is 3.22. The zero-order chi connectivity index (χ0) is 21.6. The number of hydrogen-bond acceptors (Lipinski definition) is 5. The fourth-order valence-corrected chi connectivity index (χ4v) is 4.36. The minimum atomic E-state index is -1.28. The fraction of sp³-hybridized carbons (Fsp3) is 0.700. The van der Waals surface area contributed by atoms with Gasteiger partial charge in [0, 0.05) is 25.5 Å². The van der Waals surface area contributed by atoms with E-state index in [9.17, 15) is 14.4 Å². The first-order valence-corrected chi connectivity index (χ1v) is 11.3. The molecule has 0 spiro atoms. The summed E-state index contributed by atoms with van der Waals surface area (Å²) < 4.78 is 1.76. The van der Waals surface area contributed by atoms with Gasteiger partial charge in [-0.3, -0.25) is 19.1 Å². The summed E-state index contributed by atoms with van der Waals surface area (Å²) >= 11 is 1.64. The van der Waals surface area contributed by atoms with E-state index in [1.165, 1.54) is 0 Å². The summed E-state index contributed by atoms with van der Waals surface area (Å²) in [5.74, 6) is 0.990. The van der Waals surface area contributed by atoms with Crippen LogP contribution in [0.1, 0.15) is 46.6 Å². The van der Waals surface area contributed by atoms with E-state index in [4.69, 9.17) is 5.73 Å². The Bertz CT molecular complexity index is 709. The maximum Gasteiger partial charge on any atom is 0.235 e. The molecule has 1 fully saturated rings. The van der Waals surface area contributed by atoms with Crippen molar-refractivity contribution in [3.8, 4) is 0 Å². The number of nitrogens with two attached hydrogens (primary N) is 1. The largest absolute Gasteiger partial charge is 0.369 e. The van der Waals surface area contributed by atoms with Gasteiger partial charge >= 0.3 is 0 Å². The third-order valence-corrected chi connectivity index (χ3v) is 6.62. The summed E-state index contributed by atoms with van der Waals surface area (Å²) in [6.07, 6.45) is 4.88. The molecule has 0 aliphatic carbocycles. The highest BCUT2D eigenvalue weighted by molar-refractivity contribution is 7.99. The van der Waals surface area contributed by atoms with Crippen molar-refractivity contribution >= 4 is 29.5 Å². The van der Waals surface area contributed by atoms with E-state index in [1.54, 1.807) is 41.4 Å². The number of hydrogen-bond donors (Lipinski definition) is 2. The predicted molar refractivity (Wildman–Crippen MR) is 114 cm³/mol. The van der Waals surface area contributed by atoms with Gasteiger partial charge in [0.2, 0.25) is 17.7 Å². The van der Waals surface area contributed by atoms with Crippen LogP contribution in [0.2, 0.25) is 0 Å². The van der Waals surface area contributed by atoms with Gasteiger partial charge in [-0.25, -0.2) is 0 Å². The Labute approximate surface area is 176 Å². The van der Waals surface area contributed by atoms with Crippen LogP contribution in [0, 0.1) is 11.3 Å². The predicted octanol–water partition coefficient (Wildman–Crippen LogP) is 1.43. The molecule has 3 atom stereocenters. The number of carbonyl (C=O) groups is 3. The quantitative estimate of drug-likeness (QED) is 0.437. The molecule has 1 aromatic heterocycles. The number of primary amides is 1. The molecule has 0 saturated carbocycles. The highest BCUT2D eigenvalue weighted by Crippen LogP contribution is 2.26. The van der Waals surface area contributed by atoms with Crippen molar-refractivity contribution in [1.82, 2.24) is 20.0 Å². The second-order valence-electron chi connectivity index (χ2n) is 8.22. The lowest BCUT2D eigenvalue weighted by Crippen LogP contribution is -2.52. The second-order valence-corrected chi connectivity index (χ2v) is 9.32. The molecule has 0 radical (unpaired) electrons. The number of aromatic nitrogens is 2. The van der Waals surface area contributed by atoms with Crippen molar-refractivity contribution in [2.75, 3.05) is 24.6 Å². The van der Waals surface area contributed by atoms with Crippen LogP contribution in [0.15, 0.2) is 18.5 Å². The number of thioether (sulfide) groups is 1. The molecule has 3 N–H and O–H groups in total. The second kappa shape index (κ2) is 10.1. The van der Waals surface area contributed by atoms with Crippen LogP contribution in [-0.2, 0) is 14.4 Å². The first-order chi connectivity index (χ1) is 13.7. The van der Waals surface area contributed by atoms with Crippen LogP contribution < -0.4 is 11.1 Å². The molecule has 2 heterocycles. The van der Waals surface area contributed by atoms with Crippen LogP contribution in [0.5, 0.6) is 0 Å². The van der Waals surface area contributed by atoms with Gasteiger partial charge in [-0.05, 0) is 37.5 Å². The Morgan fingerprint density at radius 2 is 2.07 bits per heavy atom. The monoisotopic (exact) mass is 423 g/mol. The standard InChI is InChI=1S/C20H33N5O3S/c1-5-20(4,18(21)27)19(28)23-15-11-24(12-16(15)25-9-6-8-22-25)17(26)13-29-10-7-14(2)3/h6,8-9,14-16H,5,7,10-13H2,1-4H3,(H2,21,27)(H,23,28)/t15-,16+,20?/m1/s1. The molecule has 9 heteroatoms. The topological polar surface area (TPSA) is 110 Å². The van der Waals surface area contributed by atoms with Crippen LogP contribution in [0.3, 0.4) is 0 Å². The van der Waals surface area contributed by atoms with Gasteiger partial charge in [-0.2, -0.15) is 16.9 Å². The summed E-state index contributed by atoms with van der Waals surface area (Å²) in [7, 11) is 0. The molecular weight excluding hydrogens is 390 g/mol. The summed E-state index contributed by atoms with van der Waals surface area (Å²) in [6.45, 7) is 8.50. The SMILES string of the molecule is CCC(C)(C(N)=O)C(=O)N[C@@H]1CN(C(=O)CSCCC(C)C)C[C@@H]1n1cccn1. The Morgan fingerprint density at radius 1 is 1.34 bits per heavy atom. The van der Waals surface area contributed by atoms with Gasteiger partial charge in [0.1, 0.15) is 5.41 Å². The summed E-state index contributed by atoms with van der Waals surface area (Å²) in [4.78, 5) is 39.1. The minimum Gasteiger partial charge on any atom is -0.369 e. The number of nitrogens with one attached hydrogen (secondary N) is 1. The smallest absolute Gasteiger partial charge is 0.235 e. The van der Waals surface area contributed by atoms with Crippen molar-refractivity contribution in [3.63, 3.8) is 0 Å². The van der Waals surface area contributed by atoms with Crippen LogP contribution in [0.25, 0.3) is 0 Å². The Morgan fingerprint density at radius 3 is 2.62 bits per heavy atom. The third-order valence-electron chi connectivity index (χ3n) is 5.64. The van der Waals surface area contributed by atoms with Gasteiger partial charge in [0.05, 0.1) is 17.8 Å². The molecule has 8 nitrogen and oxygen atoms in total. The molecule has 1 aromatic rings. The van der Waals surface area contributed by atoms with Crippen molar-refractivity contribution in [2.24, 2.45) is 17.1 Å². The van der Waals surface area contributed by atoms with E-state index in [0.717, 1.165) is 12.2 Å². The average molecular weight is 424 g/mol. The highest BCUT2D eigenvalue weighted by atomic mass is 32.2. The Kier molecular flexibility index (Phi) is 8.13. The third kappa shape index (κ3) is 5.74. The van der Waals surface area contributed by atoms with Gasteiger partial charge in [-0.1, -0.05) is 20.8 Å². The first-order valence-electron chi connectivity index (χ1n) is 10.1. The average Bonchev–Trinajstić information content (AvgIpc) is 3.33. The summed E-state index contributed by atoms with van der Waals surface area (Å²) in [5, 5.41) is 7.25. The Hall–Kier alpha value is -2.03. The maximum atomic E-state index is 12.8. The van der Waals surface area contributed by atoms with Crippen LogP contribution in [0.4, 0.5) is 0 Å². The van der Waals surface area contributed by atoms with E-state index in [1.807, 2.05) is 12.3 Å². The molecule has 3 amide bonds. The van der Waals surface area contributed by atoms with E-state index in [-0.39, 0.29) is 18.0 Å². The lowest BCUT2D eigenvalue weighted by molar-refractivity contribution is -0.141. The molecule has 162 valence electrons. The molecule has 1 aliphatic heterocycles. The Balaban J connectivity index is 2.06. The van der Waals surface area contributed by atoms with E-state index in [2.05, 4.69) is 24.3 Å². The van der Waals surface area contributed by atoms with E-state index in [0.29, 0.717) is 31.2 Å². The maximum absolute atomic E-state index is 12.8. The van der Waals surface area contributed by atoms with E-state index < -0.39 is 17.2 Å². The molecule has 1 saturated heterocycles. The van der Waals surface area contributed by atoms with Crippen molar-refractivity contribution < 1.29 is 14.4 Å². The first kappa shape index (κ1) is 23.3. The number of nitrogens with zero attached hydrogens (tertiary/aromatic N) is 3. The molecular formula is C20H33N5O3S. The van der Waals surface area contributed by atoms with Crippen molar-refractivity contribution in [2.45, 2.75) is 52.6 Å². The van der Waals surface area contributed by atoms with Crippen molar-refractivity contribution in [3.05, 3.63) is 18.5 Å². The van der Waals surface area contributed by atoms with Gasteiger partial charge in [0.15, 0.2) is 0 Å². The zero-order valence-corrected chi connectivity index (χ0v) is 18.6. The van der Waals surface area contributed by atoms with Crippen molar-refractivity contribution in [1.29, 1.82) is 0 Å². The lowest BCUT2D eigenvalue weighted by atomic mass is 9.85. The minimum absolute atomic E-state index is 0.0563.